The van der Waals surface area contributed by atoms with Crippen LogP contribution in [-0.4, -0.2) is 60.2 Å². The summed E-state index contributed by atoms with van der Waals surface area (Å²) in [6, 6.07) is 5.97. The predicted octanol–water partition coefficient (Wildman–Crippen LogP) is 1.91. The molecule has 126 valence electrons. The maximum absolute atomic E-state index is 12.7. The van der Waals surface area contributed by atoms with Crippen LogP contribution in [0.4, 0.5) is 5.82 Å². The molecule has 4 rings (SSSR count). The first-order valence-corrected chi connectivity index (χ1v) is 9.11. The molecule has 2 fully saturated rings. The zero-order valence-corrected chi connectivity index (χ0v) is 14.2. The van der Waals surface area contributed by atoms with Crippen molar-refractivity contribution in [2.75, 3.05) is 44.3 Å². The first-order chi connectivity index (χ1) is 11.8. The largest absolute Gasteiger partial charge is 0.379 e. The highest BCUT2D eigenvalue weighted by Crippen LogP contribution is 2.35. The number of carbonyl (C=O) groups excluding carboxylic acids is 1. The molecule has 2 saturated heterocycles. The van der Waals surface area contributed by atoms with Crippen LogP contribution in [-0.2, 0) is 4.74 Å². The number of anilines is 1. The van der Waals surface area contributed by atoms with Gasteiger partial charge in [0.1, 0.15) is 11.5 Å². The van der Waals surface area contributed by atoms with Gasteiger partial charge < -0.3 is 14.5 Å². The van der Waals surface area contributed by atoms with Gasteiger partial charge in [-0.05, 0) is 18.6 Å². The van der Waals surface area contributed by atoms with Gasteiger partial charge in [0, 0.05) is 43.2 Å². The van der Waals surface area contributed by atoms with Crippen LogP contribution in [0.25, 0.3) is 0 Å². The molecule has 0 radical (unpaired) electrons. The first-order valence-electron chi connectivity index (χ1n) is 8.17. The molecule has 7 heteroatoms. The smallest absolute Gasteiger partial charge is 0.273 e. The lowest BCUT2D eigenvalue weighted by Gasteiger charge is -2.31. The highest BCUT2D eigenvalue weighted by atomic mass is 32.1. The summed E-state index contributed by atoms with van der Waals surface area (Å²) < 4.78 is 5.86. The lowest BCUT2D eigenvalue weighted by molar-refractivity contribution is 0.0686. The van der Waals surface area contributed by atoms with Crippen molar-refractivity contribution >= 4 is 23.1 Å². The van der Waals surface area contributed by atoms with Gasteiger partial charge in [-0.2, -0.15) is 0 Å². The van der Waals surface area contributed by atoms with Gasteiger partial charge in [0.15, 0.2) is 0 Å². The van der Waals surface area contributed by atoms with E-state index in [0.29, 0.717) is 32.0 Å². The number of hydrogen-bond donors (Lipinski definition) is 0. The summed E-state index contributed by atoms with van der Waals surface area (Å²) in [6.45, 7) is 4.43. The number of hydrogen-bond acceptors (Lipinski definition) is 6. The molecule has 6 nitrogen and oxygen atoms in total. The fourth-order valence-corrected chi connectivity index (χ4v) is 4.09. The van der Waals surface area contributed by atoms with Gasteiger partial charge in [-0.15, -0.1) is 11.3 Å². The molecule has 0 unspecified atom stereocenters. The van der Waals surface area contributed by atoms with E-state index in [9.17, 15) is 4.79 Å². The number of pyridine rings is 1. The van der Waals surface area contributed by atoms with Crippen molar-refractivity contribution in [3.63, 3.8) is 0 Å². The number of thiazole rings is 1. The molecule has 0 aromatic carbocycles. The summed E-state index contributed by atoms with van der Waals surface area (Å²) in [5.41, 5.74) is 2.21. The number of rotatable bonds is 2. The third-order valence-electron chi connectivity index (χ3n) is 4.79. The van der Waals surface area contributed by atoms with Gasteiger partial charge in [-0.25, -0.2) is 9.97 Å². The molecule has 24 heavy (non-hydrogen) atoms. The number of carbonyl (C=O) groups is 1. The van der Waals surface area contributed by atoms with Crippen LogP contribution in [0.2, 0.25) is 0 Å². The van der Waals surface area contributed by atoms with Gasteiger partial charge in [-0.3, -0.25) is 4.79 Å². The molecule has 1 spiro atoms. The topological polar surface area (TPSA) is 58.6 Å². The first kappa shape index (κ1) is 15.5. The maximum Gasteiger partial charge on any atom is 0.273 e. The van der Waals surface area contributed by atoms with E-state index < -0.39 is 0 Å². The third kappa shape index (κ3) is 3.01. The molecule has 0 bridgehead atoms. The van der Waals surface area contributed by atoms with E-state index >= 15 is 0 Å². The Morgan fingerprint density at radius 2 is 2.21 bits per heavy atom. The minimum atomic E-state index is -0.0281. The SMILES string of the molecule is O=C(c1cscn1)N1CCOC[C@@]2(CCN(c3ccccn3)C2)C1. The van der Waals surface area contributed by atoms with Crippen molar-refractivity contribution < 1.29 is 9.53 Å². The average Bonchev–Trinajstić information content (AvgIpc) is 3.24. The third-order valence-corrected chi connectivity index (χ3v) is 5.38. The Labute approximate surface area is 145 Å². The molecule has 2 aromatic heterocycles. The highest BCUT2D eigenvalue weighted by molar-refractivity contribution is 7.07. The van der Waals surface area contributed by atoms with Crippen LogP contribution in [0.15, 0.2) is 35.3 Å². The van der Waals surface area contributed by atoms with Crippen LogP contribution < -0.4 is 4.90 Å². The van der Waals surface area contributed by atoms with E-state index in [1.165, 1.54) is 11.3 Å². The molecule has 0 N–H and O–H groups in total. The summed E-state index contributed by atoms with van der Waals surface area (Å²) in [7, 11) is 0. The number of nitrogens with zero attached hydrogens (tertiary/aromatic N) is 4. The second-order valence-corrected chi connectivity index (χ2v) is 7.23. The van der Waals surface area contributed by atoms with E-state index in [0.717, 1.165) is 25.3 Å². The minimum Gasteiger partial charge on any atom is -0.379 e. The van der Waals surface area contributed by atoms with Gasteiger partial charge in [0.25, 0.3) is 5.91 Å². The van der Waals surface area contributed by atoms with Crippen molar-refractivity contribution in [1.29, 1.82) is 0 Å². The van der Waals surface area contributed by atoms with Crippen molar-refractivity contribution in [2.45, 2.75) is 6.42 Å². The normalized spacial score (nSPS) is 24.3. The van der Waals surface area contributed by atoms with Crippen molar-refractivity contribution in [1.82, 2.24) is 14.9 Å². The lowest BCUT2D eigenvalue weighted by atomic mass is 9.87. The molecule has 1 atom stereocenters. The maximum atomic E-state index is 12.7. The van der Waals surface area contributed by atoms with Crippen LogP contribution in [0.3, 0.4) is 0 Å². The summed E-state index contributed by atoms with van der Waals surface area (Å²) in [6.07, 6.45) is 2.83. The number of ether oxygens (including phenoxy) is 1. The van der Waals surface area contributed by atoms with Crippen molar-refractivity contribution in [3.8, 4) is 0 Å². The van der Waals surface area contributed by atoms with Crippen LogP contribution in [0, 0.1) is 5.41 Å². The summed E-state index contributed by atoms with van der Waals surface area (Å²) >= 11 is 1.45. The van der Waals surface area contributed by atoms with Gasteiger partial charge in [0.2, 0.25) is 0 Å². The molecular formula is C17H20N4O2S. The molecule has 0 aliphatic carbocycles. The van der Waals surface area contributed by atoms with Crippen molar-refractivity contribution in [2.24, 2.45) is 5.41 Å². The Hall–Kier alpha value is -1.99. The summed E-state index contributed by atoms with van der Waals surface area (Å²) in [5.74, 6) is 1.01. The monoisotopic (exact) mass is 344 g/mol. The number of aromatic nitrogens is 2. The molecule has 2 aliphatic rings. The molecule has 4 heterocycles. The van der Waals surface area contributed by atoms with Gasteiger partial charge in [0.05, 0.1) is 18.7 Å². The van der Waals surface area contributed by atoms with Crippen molar-refractivity contribution in [3.05, 3.63) is 41.0 Å². The standard InChI is InChI=1S/C17H20N4O2S/c22-16(14-9-24-13-19-14)21-7-8-23-12-17(11-21)4-6-20(10-17)15-3-1-2-5-18-15/h1-3,5,9,13H,4,6-8,10-12H2/t17-/m1/s1. The lowest BCUT2D eigenvalue weighted by Crippen LogP contribution is -2.43. The van der Waals surface area contributed by atoms with E-state index in [-0.39, 0.29) is 11.3 Å². The Morgan fingerprint density at radius 1 is 1.25 bits per heavy atom. The average molecular weight is 344 g/mol. The van der Waals surface area contributed by atoms with E-state index in [1.807, 2.05) is 34.7 Å². The predicted molar refractivity (Wildman–Crippen MR) is 92.3 cm³/mol. The quantitative estimate of drug-likeness (QED) is 0.833. The Balaban J connectivity index is 1.51. The molecule has 1 amide bonds. The van der Waals surface area contributed by atoms with E-state index in [1.54, 1.807) is 5.51 Å². The summed E-state index contributed by atoms with van der Waals surface area (Å²) in [4.78, 5) is 25.5. The second kappa shape index (κ2) is 6.49. The second-order valence-electron chi connectivity index (χ2n) is 6.51. The fourth-order valence-electron chi connectivity index (χ4n) is 3.56. The van der Waals surface area contributed by atoms with Crippen LogP contribution in [0.1, 0.15) is 16.9 Å². The summed E-state index contributed by atoms with van der Waals surface area (Å²) in [5, 5.41) is 1.82. The zero-order chi connectivity index (χ0) is 16.4. The fraction of sp³-hybridized carbons (Fsp3) is 0.471. The zero-order valence-electron chi connectivity index (χ0n) is 13.4. The van der Waals surface area contributed by atoms with E-state index in [2.05, 4.69) is 14.9 Å². The minimum absolute atomic E-state index is 0.0115. The number of amides is 1. The Kier molecular flexibility index (Phi) is 4.20. The molecule has 0 saturated carbocycles. The Bertz CT molecular complexity index is 694. The highest BCUT2D eigenvalue weighted by Gasteiger charge is 2.42. The van der Waals surface area contributed by atoms with Gasteiger partial charge >= 0.3 is 0 Å². The Morgan fingerprint density at radius 3 is 3.00 bits per heavy atom. The van der Waals surface area contributed by atoms with Gasteiger partial charge in [-0.1, -0.05) is 6.07 Å². The molecule has 2 aromatic rings. The van der Waals surface area contributed by atoms with Crippen LogP contribution >= 0.6 is 11.3 Å². The van der Waals surface area contributed by atoms with E-state index in [4.69, 9.17) is 4.74 Å². The van der Waals surface area contributed by atoms with Crippen LogP contribution in [0.5, 0.6) is 0 Å². The molecule has 2 aliphatic heterocycles. The molecular weight excluding hydrogens is 324 g/mol.